The van der Waals surface area contributed by atoms with E-state index in [-0.39, 0.29) is 9.80 Å². The molecular weight excluding hydrogens is 396 g/mol. The number of hydrogen-bond donors (Lipinski definition) is 1. The second-order valence-electron chi connectivity index (χ2n) is 6.62. The molecule has 0 spiro atoms. The van der Waals surface area contributed by atoms with Gasteiger partial charge in [-0.25, -0.2) is 8.42 Å². The van der Waals surface area contributed by atoms with Crippen molar-refractivity contribution in [2.24, 2.45) is 0 Å². The normalized spacial score (nSPS) is 11.9. The minimum atomic E-state index is -3.94. The monoisotopic (exact) mass is 414 g/mol. The third-order valence-corrected chi connectivity index (χ3v) is 6.53. The number of fused-ring (bicyclic) bond motifs is 1. The van der Waals surface area contributed by atoms with Crippen molar-refractivity contribution >= 4 is 26.8 Å². The first-order valence-corrected chi connectivity index (χ1v) is 10.7. The number of rotatable bonds is 5. The van der Waals surface area contributed by atoms with Gasteiger partial charge in [0.1, 0.15) is 16.7 Å². The maximum absolute atomic E-state index is 13.0. The summed E-state index contributed by atoms with van der Waals surface area (Å²) < 4.78 is 31.3. The molecule has 0 fully saturated rings. The minimum Gasteiger partial charge on any atom is -0.497 e. The maximum Gasteiger partial charge on any atom is 0.216 e. The molecular formula is C24H18N2O3S. The van der Waals surface area contributed by atoms with Gasteiger partial charge < -0.3 is 9.72 Å². The molecule has 1 N–H and O–H groups in total. The smallest absolute Gasteiger partial charge is 0.216 e. The number of ether oxygens (including phenoxy) is 1. The molecule has 1 aromatic heterocycles. The van der Waals surface area contributed by atoms with Crippen LogP contribution < -0.4 is 4.74 Å². The Morgan fingerprint density at radius 1 is 0.967 bits per heavy atom. The number of nitrogens with zero attached hydrogens (tertiary/aromatic N) is 1. The Morgan fingerprint density at radius 2 is 1.63 bits per heavy atom. The molecule has 0 amide bonds. The molecule has 0 bridgehead atoms. The molecule has 148 valence electrons. The van der Waals surface area contributed by atoms with E-state index >= 15 is 0 Å². The van der Waals surface area contributed by atoms with Crippen molar-refractivity contribution in [3.63, 3.8) is 0 Å². The lowest BCUT2D eigenvalue weighted by molar-refractivity contribution is 0.415. The zero-order chi connectivity index (χ0) is 21.1. The quantitative estimate of drug-likeness (QED) is 0.456. The van der Waals surface area contributed by atoms with E-state index in [0.29, 0.717) is 5.56 Å². The molecule has 0 atom stereocenters. The molecule has 0 radical (unpaired) electrons. The fourth-order valence-electron chi connectivity index (χ4n) is 3.33. The van der Waals surface area contributed by atoms with Crippen LogP contribution in [0.25, 0.3) is 28.2 Å². The summed E-state index contributed by atoms with van der Waals surface area (Å²) in [5.74, 6) is 0.719. The van der Waals surface area contributed by atoms with Crippen LogP contribution in [0.4, 0.5) is 0 Å². The highest BCUT2D eigenvalue weighted by Crippen LogP contribution is 2.34. The Morgan fingerprint density at radius 3 is 2.30 bits per heavy atom. The minimum absolute atomic E-state index is 0.0867. The van der Waals surface area contributed by atoms with E-state index in [9.17, 15) is 13.7 Å². The highest BCUT2D eigenvalue weighted by molar-refractivity contribution is 7.95. The van der Waals surface area contributed by atoms with Gasteiger partial charge >= 0.3 is 0 Å². The van der Waals surface area contributed by atoms with Crippen LogP contribution in [0.2, 0.25) is 0 Å². The van der Waals surface area contributed by atoms with Gasteiger partial charge in [-0.2, -0.15) is 5.26 Å². The Kier molecular flexibility index (Phi) is 5.13. The second kappa shape index (κ2) is 7.90. The molecule has 5 nitrogen and oxygen atoms in total. The molecule has 4 aromatic rings. The average molecular weight is 414 g/mol. The fraction of sp³-hybridized carbons (Fsp3) is 0.0417. The molecule has 6 heteroatoms. The molecule has 0 aliphatic carbocycles. The first-order chi connectivity index (χ1) is 14.5. The van der Waals surface area contributed by atoms with Gasteiger partial charge in [-0.3, -0.25) is 0 Å². The van der Waals surface area contributed by atoms with Gasteiger partial charge in [-0.1, -0.05) is 36.4 Å². The average Bonchev–Trinajstić information content (AvgIpc) is 3.16. The summed E-state index contributed by atoms with van der Waals surface area (Å²) in [5.41, 5.74) is 3.08. The van der Waals surface area contributed by atoms with Crippen LogP contribution in [0.15, 0.2) is 88.7 Å². The topological polar surface area (TPSA) is 82.9 Å². The van der Waals surface area contributed by atoms with E-state index in [4.69, 9.17) is 4.74 Å². The standard InChI is InChI=1S/C24H18N2O3S/c1-29-18-13-11-17(12-14-18)24-22(21-9-5-6-10-23(21)26-24)15-20(16-25)30(27,28)19-7-3-2-4-8-19/h2-15,26H,1H3/b20-15+. The lowest BCUT2D eigenvalue weighted by atomic mass is 10.0. The Balaban J connectivity index is 1.94. The number of benzene rings is 3. The third-order valence-electron chi connectivity index (χ3n) is 4.85. The maximum atomic E-state index is 13.0. The molecule has 0 saturated carbocycles. The summed E-state index contributed by atoms with van der Waals surface area (Å²) in [6, 6.07) is 24.9. The van der Waals surface area contributed by atoms with Crippen LogP contribution in [0.5, 0.6) is 5.75 Å². The number of para-hydroxylation sites is 1. The number of H-pyrrole nitrogens is 1. The zero-order valence-corrected chi connectivity index (χ0v) is 17.0. The predicted octanol–water partition coefficient (Wildman–Crippen LogP) is 5.18. The van der Waals surface area contributed by atoms with Crippen LogP contribution in [-0.4, -0.2) is 20.5 Å². The zero-order valence-electron chi connectivity index (χ0n) is 16.2. The highest BCUT2D eigenvalue weighted by Gasteiger charge is 2.22. The van der Waals surface area contributed by atoms with E-state index in [0.717, 1.165) is 27.9 Å². The van der Waals surface area contributed by atoms with Gasteiger partial charge in [-0.05, 0) is 54.1 Å². The van der Waals surface area contributed by atoms with E-state index in [2.05, 4.69) is 4.98 Å². The lowest BCUT2D eigenvalue weighted by Gasteiger charge is -2.06. The van der Waals surface area contributed by atoms with E-state index in [1.165, 1.54) is 18.2 Å². The van der Waals surface area contributed by atoms with Gasteiger partial charge in [-0.15, -0.1) is 0 Å². The van der Waals surface area contributed by atoms with Crippen molar-refractivity contribution in [1.29, 1.82) is 5.26 Å². The van der Waals surface area contributed by atoms with Crippen LogP contribution >= 0.6 is 0 Å². The van der Waals surface area contributed by atoms with Gasteiger partial charge in [0, 0.05) is 16.5 Å². The van der Waals surface area contributed by atoms with Gasteiger partial charge in [0.05, 0.1) is 17.7 Å². The third kappa shape index (κ3) is 3.47. The highest BCUT2D eigenvalue weighted by atomic mass is 32.2. The number of nitriles is 1. The summed E-state index contributed by atoms with van der Waals surface area (Å²) in [4.78, 5) is 3.12. The van der Waals surface area contributed by atoms with E-state index in [1.807, 2.05) is 54.6 Å². The second-order valence-corrected chi connectivity index (χ2v) is 8.54. The number of nitrogens with one attached hydrogen (secondary N) is 1. The van der Waals surface area contributed by atoms with Crippen molar-refractivity contribution in [3.05, 3.63) is 89.3 Å². The number of aromatic nitrogens is 1. The number of methoxy groups -OCH3 is 1. The summed E-state index contributed by atoms with van der Waals surface area (Å²) in [7, 11) is -2.34. The lowest BCUT2D eigenvalue weighted by Crippen LogP contribution is -2.03. The summed E-state index contributed by atoms with van der Waals surface area (Å²) >= 11 is 0. The Hall–Kier alpha value is -3.82. The summed E-state index contributed by atoms with van der Waals surface area (Å²) in [6.07, 6.45) is 1.45. The van der Waals surface area contributed by atoms with Crippen molar-refractivity contribution in [2.45, 2.75) is 4.90 Å². The SMILES string of the molecule is COc1ccc(-c2[nH]c3ccccc3c2/C=C(\C#N)S(=O)(=O)c2ccccc2)cc1. The first kappa shape index (κ1) is 19.5. The summed E-state index contributed by atoms with van der Waals surface area (Å²) in [5, 5.41) is 10.5. The summed E-state index contributed by atoms with van der Waals surface area (Å²) in [6.45, 7) is 0. The Labute approximate surface area is 174 Å². The first-order valence-electron chi connectivity index (χ1n) is 9.21. The number of aromatic amines is 1. The molecule has 0 aliphatic rings. The van der Waals surface area contributed by atoms with Crippen molar-refractivity contribution in [1.82, 2.24) is 4.98 Å². The number of allylic oxidation sites excluding steroid dienone is 1. The van der Waals surface area contributed by atoms with E-state index < -0.39 is 9.84 Å². The van der Waals surface area contributed by atoms with Gasteiger partial charge in [0.25, 0.3) is 0 Å². The Bertz CT molecular complexity index is 1380. The number of sulfone groups is 1. The van der Waals surface area contributed by atoms with Crippen molar-refractivity contribution < 1.29 is 13.2 Å². The van der Waals surface area contributed by atoms with Gasteiger partial charge in [0.2, 0.25) is 9.84 Å². The van der Waals surface area contributed by atoms with Crippen LogP contribution in [0, 0.1) is 11.3 Å². The molecule has 0 aliphatic heterocycles. The number of hydrogen-bond acceptors (Lipinski definition) is 4. The molecule has 4 rings (SSSR count). The van der Waals surface area contributed by atoms with Crippen molar-refractivity contribution in [3.8, 4) is 23.1 Å². The molecule has 1 heterocycles. The molecule has 3 aromatic carbocycles. The van der Waals surface area contributed by atoms with Gasteiger partial charge in [0.15, 0.2) is 0 Å². The molecule has 0 saturated heterocycles. The van der Waals surface area contributed by atoms with Crippen LogP contribution in [-0.2, 0) is 9.84 Å². The van der Waals surface area contributed by atoms with E-state index in [1.54, 1.807) is 25.3 Å². The largest absolute Gasteiger partial charge is 0.497 e. The van der Waals surface area contributed by atoms with Crippen molar-refractivity contribution in [2.75, 3.05) is 7.11 Å². The van der Waals surface area contributed by atoms with Crippen LogP contribution in [0.3, 0.4) is 0 Å². The molecule has 0 unspecified atom stereocenters. The predicted molar refractivity (Wildman–Crippen MR) is 118 cm³/mol. The fourth-order valence-corrected chi connectivity index (χ4v) is 4.49. The van der Waals surface area contributed by atoms with Crippen LogP contribution in [0.1, 0.15) is 5.56 Å². The molecule has 30 heavy (non-hydrogen) atoms.